The minimum Gasteiger partial charge on any atom is -0.481 e. The average molecular weight is 396 g/mol. The maximum atomic E-state index is 14.6. The lowest BCUT2D eigenvalue weighted by atomic mass is 9.92. The van der Waals surface area contributed by atoms with Gasteiger partial charge in [0.15, 0.2) is 0 Å². The van der Waals surface area contributed by atoms with Crippen molar-refractivity contribution in [2.45, 2.75) is 50.7 Å². The molecule has 0 bridgehead atoms. The van der Waals surface area contributed by atoms with Crippen LogP contribution in [0.4, 0.5) is 24.9 Å². The molecule has 152 valence electrons. The highest BCUT2D eigenvalue weighted by Gasteiger charge is 2.57. The van der Waals surface area contributed by atoms with Gasteiger partial charge in [0, 0.05) is 31.5 Å². The van der Waals surface area contributed by atoms with Crippen molar-refractivity contribution in [3.05, 3.63) is 11.3 Å². The van der Waals surface area contributed by atoms with Crippen molar-refractivity contribution in [1.82, 2.24) is 9.97 Å². The van der Waals surface area contributed by atoms with Crippen LogP contribution < -0.4 is 9.80 Å². The molecule has 1 unspecified atom stereocenters. The van der Waals surface area contributed by atoms with E-state index >= 15 is 0 Å². The first-order valence-corrected chi connectivity index (χ1v) is 9.93. The Morgan fingerprint density at radius 2 is 1.96 bits per heavy atom. The van der Waals surface area contributed by atoms with Gasteiger partial charge in [0.05, 0.1) is 12.6 Å². The number of fused-ring (bicyclic) bond motifs is 2. The highest BCUT2D eigenvalue weighted by Crippen LogP contribution is 2.55. The predicted molar refractivity (Wildman–Crippen MR) is 95.5 cm³/mol. The maximum Gasteiger partial charge on any atom is 0.303 e. The second-order valence-corrected chi connectivity index (χ2v) is 8.64. The molecule has 28 heavy (non-hydrogen) atoms. The Labute approximate surface area is 160 Å². The lowest BCUT2D eigenvalue weighted by Gasteiger charge is -2.43. The van der Waals surface area contributed by atoms with Crippen molar-refractivity contribution in [2.24, 2.45) is 17.8 Å². The molecule has 2 saturated heterocycles. The molecule has 0 radical (unpaired) electrons. The van der Waals surface area contributed by atoms with Gasteiger partial charge in [-0.25, -0.2) is 9.37 Å². The van der Waals surface area contributed by atoms with Gasteiger partial charge in [-0.15, -0.1) is 0 Å². The molecule has 2 aliphatic carbocycles. The molecule has 5 rings (SSSR count). The molecule has 3 heterocycles. The molecule has 1 aromatic rings. The second kappa shape index (κ2) is 5.97. The monoisotopic (exact) mass is 396 g/mol. The highest BCUT2D eigenvalue weighted by atomic mass is 19.3. The van der Waals surface area contributed by atoms with E-state index in [1.165, 1.54) is 0 Å². The third kappa shape index (κ3) is 2.65. The van der Waals surface area contributed by atoms with Crippen LogP contribution in [0, 0.1) is 17.8 Å². The number of aliphatic carboxylic acids is 1. The van der Waals surface area contributed by atoms with Gasteiger partial charge in [-0.3, -0.25) is 4.79 Å². The molecule has 1 N–H and O–H groups in total. The number of anilines is 2. The minimum atomic E-state index is -3.00. The van der Waals surface area contributed by atoms with E-state index in [4.69, 9.17) is 5.11 Å². The molecular weight excluding hydrogens is 373 g/mol. The predicted octanol–water partition coefficient (Wildman–Crippen LogP) is 2.61. The van der Waals surface area contributed by atoms with Crippen LogP contribution in [0.25, 0.3) is 0 Å². The van der Waals surface area contributed by atoms with E-state index in [-0.39, 0.29) is 48.8 Å². The fourth-order valence-corrected chi connectivity index (χ4v) is 5.14. The van der Waals surface area contributed by atoms with Crippen LogP contribution in [0.5, 0.6) is 0 Å². The minimum absolute atomic E-state index is 0.122. The zero-order chi connectivity index (χ0) is 19.8. The first-order chi connectivity index (χ1) is 13.3. The number of carboxylic acids is 1. The van der Waals surface area contributed by atoms with E-state index in [9.17, 15) is 18.0 Å². The van der Waals surface area contributed by atoms with Gasteiger partial charge in [-0.05, 0) is 37.5 Å². The van der Waals surface area contributed by atoms with Crippen LogP contribution in [0.3, 0.4) is 0 Å². The van der Waals surface area contributed by atoms with Gasteiger partial charge < -0.3 is 14.9 Å². The van der Waals surface area contributed by atoms with E-state index in [1.54, 1.807) is 11.8 Å². The molecule has 9 heteroatoms. The zero-order valence-electron chi connectivity index (χ0n) is 15.6. The molecule has 0 aromatic carbocycles. The summed E-state index contributed by atoms with van der Waals surface area (Å²) in [6, 6.07) is -0.421. The lowest BCUT2D eigenvalue weighted by Crippen LogP contribution is -2.57. The molecule has 0 spiro atoms. The fourth-order valence-electron chi connectivity index (χ4n) is 5.14. The zero-order valence-corrected chi connectivity index (χ0v) is 15.6. The Balaban J connectivity index is 1.47. The first-order valence-electron chi connectivity index (χ1n) is 9.93. The lowest BCUT2D eigenvalue weighted by molar-refractivity contribution is -0.137. The number of nitrogens with zero attached hydrogens (tertiary/aromatic N) is 4. The third-order valence-electron chi connectivity index (χ3n) is 6.96. The number of alkyl halides is 3. The average Bonchev–Trinajstić information content (AvgIpc) is 3.07. The van der Waals surface area contributed by atoms with Crippen LogP contribution in [0.1, 0.15) is 37.4 Å². The summed E-state index contributed by atoms with van der Waals surface area (Å²) in [5.74, 6) is -2.33. The van der Waals surface area contributed by atoms with E-state index in [1.807, 2.05) is 4.90 Å². The summed E-state index contributed by atoms with van der Waals surface area (Å²) in [6.07, 6.45) is -0.183. The van der Waals surface area contributed by atoms with Crippen molar-refractivity contribution in [2.75, 3.05) is 29.4 Å². The number of carbonyl (C=O) groups is 1. The molecular formula is C19H23F3N4O2. The Morgan fingerprint density at radius 3 is 2.57 bits per heavy atom. The van der Waals surface area contributed by atoms with Crippen molar-refractivity contribution in [3.8, 4) is 0 Å². The summed E-state index contributed by atoms with van der Waals surface area (Å²) in [6.45, 7) is 3.10. The summed E-state index contributed by atoms with van der Waals surface area (Å²) in [5.41, 5.74) is 0.289. The van der Waals surface area contributed by atoms with E-state index in [0.717, 1.165) is 0 Å². The molecule has 4 aliphatic rings. The van der Waals surface area contributed by atoms with E-state index in [0.29, 0.717) is 37.3 Å². The Hall–Kier alpha value is -2.06. The fraction of sp³-hybridized carbons (Fsp3) is 0.737. The molecule has 0 amide bonds. The number of hydrogen-bond acceptors (Lipinski definition) is 5. The van der Waals surface area contributed by atoms with Crippen LogP contribution in [0.15, 0.2) is 0 Å². The Bertz CT molecular complexity index is 824. The van der Waals surface area contributed by atoms with Crippen LogP contribution >= 0.6 is 0 Å². The number of halogens is 3. The number of hydrogen-bond donors (Lipinski definition) is 1. The highest BCUT2D eigenvalue weighted by molar-refractivity contribution is 5.68. The molecule has 3 fully saturated rings. The smallest absolute Gasteiger partial charge is 0.303 e. The van der Waals surface area contributed by atoms with Crippen molar-refractivity contribution < 1.29 is 23.1 Å². The van der Waals surface area contributed by atoms with Gasteiger partial charge >= 0.3 is 5.97 Å². The number of piperidine rings is 1. The molecule has 1 aromatic heterocycles. The van der Waals surface area contributed by atoms with Crippen LogP contribution in [-0.4, -0.2) is 52.9 Å². The van der Waals surface area contributed by atoms with Crippen molar-refractivity contribution >= 4 is 17.7 Å². The topological polar surface area (TPSA) is 69.6 Å². The Morgan fingerprint density at radius 1 is 1.25 bits per heavy atom. The Kier molecular flexibility index (Phi) is 3.84. The standard InChI is InChI=1S/C19H23F3N4O2/c1-9-14(20)8-26(9)18-23-16-10(3-2-4-19(16,21)22)17(24-18)25-6-12-11(5-15(27)28)13(12)7-25/h9,11-14H,2-8H2,1H3,(H,27,28)/t9-,11-,12-,13+,14?/m1/s1. The number of aromatic nitrogens is 2. The number of carboxylic acid groups (broad SMARTS) is 1. The van der Waals surface area contributed by atoms with E-state index < -0.39 is 24.1 Å². The van der Waals surface area contributed by atoms with Gasteiger partial charge in [0.2, 0.25) is 5.95 Å². The first kappa shape index (κ1) is 18.0. The SMILES string of the molecule is C[C@@H]1C(F)CN1c1nc(N2C[C@@H]3[C@@H](CC(=O)O)[C@@H]3C2)c2c(n1)C(F)(F)CCC2. The third-order valence-corrected chi connectivity index (χ3v) is 6.96. The van der Waals surface area contributed by atoms with Crippen molar-refractivity contribution in [3.63, 3.8) is 0 Å². The molecule has 5 atom stereocenters. The van der Waals surface area contributed by atoms with Crippen LogP contribution in [0.2, 0.25) is 0 Å². The normalized spacial score (nSPS) is 35.2. The summed E-state index contributed by atoms with van der Waals surface area (Å²) in [4.78, 5) is 23.4. The second-order valence-electron chi connectivity index (χ2n) is 8.64. The van der Waals surface area contributed by atoms with Gasteiger partial charge in [-0.2, -0.15) is 13.8 Å². The van der Waals surface area contributed by atoms with Gasteiger partial charge in [0.25, 0.3) is 5.92 Å². The molecule has 1 saturated carbocycles. The van der Waals surface area contributed by atoms with Gasteiger partial charge in [-0.1, -0.05) is 0 Å². The van der Waals surface area contributed by atoms with E-state index in [2.05, 4.69) is 9.97 Å². The number of rotatable bonds is 4. The molecule has 2 aliphatic heterocycles. The molecule has 6 nitrogen and oxygen atoms in total. The van der Waals surface area contributed by atoms with Gasteiger partial charge in [0.1, 0.15) is 17.7 Å². The quantitative estimate of drug-likeness (QED) is 0.844. The van der Waals surface area contributed by atoms with Crippen LogP contribution in [-0.2, 0) is 17.1 Å². The largest absolute Gasteiger partial charge is 0.481 e. The summed E-state index contributed by atoms with van der Waals surface area (Å²) < 4.78 is 42.9. The maximum absolute atomic E-state index is 14.6. The summed E-state index contributed by atoms with van der Waals surface area (Å²) in [7, 11) is 0. The summed E-state index contributed by atoms with van der Waals surface area (Å²) in [5, 5.41) is 9.00. The summed E-state index contributed by atoms with van der Waals surface area (Å²) >= 11 is 0. The van der Waals surface area contributed by atoms with Crippen molar-refractivity contribution in [1.29, 1.82) is 0 Å².